The van der Waals surface area contributed by atoms with Crippen LogP contribution in [-0.4, -0.2) is 4.98 Å². The second kappa shape index (κ2) is 8.03. The molecule has 0 N–H and O–H groups in total. The first kappa shape index (κ1) is 19.5. The molecule has 156 valence electrons. The van der Waals surface area contributed by atoms with Gasteiger partial charge in [0.05, 0.1) is 11.4 Å². The zero-order valence-corrected chi connectivity index (χ0v) is 18.5. The molecule has 0 saturated heterocycles. The smallest absolute Gasteiger partial charge is 0.0794 e. The van der Waals surface area contributed by atoms with E-state index in [1.54, 1.807) is 0 Å². The Balaban J connectivity index is 1.81. The second-order valence-electron chi connectivity index (χ2n) is 8.53. The van der Waals surface area contributed by atoms with Crippen LogP contribution in [0.2, 0.25) is 0 Å². The van der Waals surface area contributed by atoms with Gasteiger partial charge < -0.3 is 0 Å². The van der Waals surface area contributed by atoms with E-state index in [9.17, 15) is 0 Å². The normalized spacial score (nSPS) is 11.2. The summed E-state index contributed by atoms with van der Waals surface area (Å²) >= 11 is 0. The summed E-state index contributed by atoms with van der Waals surface area (Å²) in [6.45, 7) is 2.12. The Morgan fingerprint density at radius 3 is 1.61 bits per heavy atom. The molecule has 1 heteroatoms. The van der Waals surface area contributed by atoms with Crippen molar-refractivity contribution in [3.63, 3.8) is 0 Å². The van der Waals surface area contributed by atoms with Gasteiger partial charge >= 0.3 is 0 Å². The summed E-state index contributed by atoms with van der Waals surface area (Å²) in [7, 11) is 0. The molecule has 1 heterocycles. The van der Waals surface area contributed by atoms with E-state index in [1.165, 1.54) is 38.2 Å². The van der Waals surface area contributed by atoms with Crippen LogP contribution < -0.4 is 0 Å². The maximum atomic E-state index is 5.35. The van der Waals surface area contributed by atoms with E-state index >= 15 is 0 Å². The molecule has 1 nitrogen and oxygen atoms in total. The largest absolute Gasteiger partial charge is 0.246 e. The highest BCUT2D eigenvalue weighted by atomic mass is 14.7. The number of aryl methyl sites for hydroxylation is 1. The molecule has 0 unspecified atom stereocenters. The minimum Gasteiger partial charge on any atom is -0.246 e. The van der Waals surface area contributed by atoms with Crippen LogP contribution >= 0.6 is 0 Å². The fourth-order valence-electron chi connectivity index (χ4n) is 4.63. The van der Waals surface area contributed by atoms with Crippen molar-refractivity contribution in [1.29, 1.82) is 0 Å². The van der Waals surface area contributed by atoms with E-state index in [0.717, 1.165) is 22.5 Å². The topological polar surface area (TPSA) is 12.9 Å². The number of hydrogen-bond donors (Lipinski definition) is 0. The average Bonchev–Trinajstić information content (AvgIpc) is 2.88. The van der Waals surface area contributed by atoms with Crippen molar-refractivity contribution in [3.8, 4) is 33.6 Å². The first-order chi connectivity index (χ1) is 16.3. The predicted octanol–water partition coefficient (Wildman–Crippen LogP) is 8.70. The summed E-state index contributed by atoms with van der Waals surface area (Å²) < 4.78 is 0. The Kier molecular flexibility index (Phi) is 4.74. The summed E-state index contributed by atoms with van der Waals surface area (Å²) in [6, 6.07) is 43.1. The Morgan fingerprint density at radius 1 is 0.455 bits per heavy atom. The fraction of sp³-hybridized carbons (Fsp3) is 0.0312. The van der Waals surface area contributed by atoms with Crippen molar-refractivity contribution in [1.82, 2.24) is 4.98 Å². The molecule has 0 aliphatic heterocycles. The lowest BCUT2D eigenvalue weighted by Gasteiger charge is -2.18. The van der Waals surface area contributed by atoms with Gasteiger partial charge in [-0.2, -0.15) is 0 Å². The number of benzene rings is 5. The third kappa shape index (κ3) is 3.48. The molecule has 33 heavy (non-hydrogen) atoms. The minimum absolute atomic E-state index is 1.02. The van der Waals surface area contributed by atoms with Crippen molar-refractivity contribution in [3.05, 3.63) is 127 Å². The van der Waals surface area contributed by atoms with Gasteiger partial charge in [-0.15, -0.1) is 0 Å². The molecular formula is C32H23N. The lowest BCUT2D eigenvalue weighted by molar-refractivity contribution is 1.34. The van der Waals surface area contributed by atoms with Crippen LogP contribution in [0.5, 0.6) is 0 Å². The summed E-state index contributed by atoms with van der Waals surface area (Å²) in [6.07, 6.45) is 0. The van der Waals surface area contributed by atoms with Crippen LogP contribution in [-0.2, 0) is 0 Å². The fourth-order valence-corrected chi connectivity index (χ4v) is 4.63. The van der Waals surface area contributed by atoms with Gasteiger partial charge in [-0.25, -0.2) is 4.98 Å². The van der Waals surface area contributed by atoms with Crippen LogP contribution in [0.3, 0.4) is 0 Å². The van der Waals surface area contributed by atoms with Gasteiger partial charge in [0.25, 0.3) is 0 Å². The Hall–Kier alpha value is -4.23. The van der Waals surface area contributed by atoms with Crippen LogP contribution in [0.1, 0.15) is 5.56 Å². The van der Waals surface area contributed by atoms with Crippen molar-refractivity contribution < 1.29 is 0 Å². The molecule has 1 aromatic heterocycles. The highest BCUT2D eigenvalue weighted by molar-refractivity contribution is 6.12. The van der Waals surface area contributed by atoms with Crippen molar-refractivity contribution in [2.75, 3.05) is 0 Å². The molecule has 0 amide bonds. The lowest BCUT2D eigenvalue weighted by atomic mass is 9.90. The highest BCUT2D eigenvalue weighted by Gasteiger charge is 2.18. The minimum atomic E-state index is 1.02. The van der Waals surface area contributed by atoms with Gasteiger partial charge in [0.15, 0.2) is 0 Å². The van der Waals surface area contributed by atoms with Gasteiger partial charge in [-0.05, 0) is 40.8 Å². The van der Waals surface area contributed by atoms with Crippen molar-refractivity contribution in [2.45, 2.75) is 6.92 Å². The van der Waals surface area contributed by atoms with Gasteiger partial charge in [-0.3, -0.25) is 0 Å². The molecule has 0 spiro atoms. The summed E-state index contributed by atoms with van der Waals surface area (Å²) in [5, 5.41) is 4.87. The Morgan fingerprint density at radius 2 is 0.970 bits per heavy atom. The maximum Gasteiger partial charge on any atom is 0.0794 e. The zero-order chi connectivity index (χ0) is 22.2. The van der Waals surface area contributed by atoms with E-state index in [0.29, 0.717) is 0 Å². The molecule has 0 aliphatic carbocycles. The standard InChI is InChI=1S/C32H23N/c1-22-16-18-25(19-17-22)32-30(23-10-4-2-5-11-23)28-20-26-14-8-9-15-27(26)21-29(28)31(33-32)24-12-6-3-7-13-24/h2-21H,1H3. The monoisotopic (exact) mass is 421 g/mol. The number of rotatable bonds is 3. The molecule has 0 fully saturated rings. The number of pyridine rings is 1. The predicted molar refractivity (Wildman–Crippen MR) is 140 cm³/mol. The summed E-state index contributed by atoms with van der Waals surface area (Å²) in [5.74, 6) is 0. The highest BCUT2D eigenvalue weighted by Crippen LogP contribution is 2.42. The van der Waals surface area contributed by atoms with Crippen LogP contribution in [0.15, 0.2) is 121 Å². The molecule has 0 aliphatic rings. The zero-order valence-electron chi connectivity index (χ0n) is 18.5. The summed E-state index contributed by atoms with van der Waals surface area (Å²) in [5.41, 5.74) is 7.90. The van der Waals surface area contributed by atoms with Crippen LogP contribution in [0.25, 0.3) is 55.2 Å². The number of nitrogens with zero attached hydrogens (tertiary/aromatic N) is 1. The average molecular weight is 422 g/mol. The van der Waals surface area contributed by atoms with E-state index in [4.69, 9.17) is 4.98 Å². The second-order valence-corrected chi connectivity index (χ2v) is 8.53. The van der Waals surface area contributed by atoms with Crippen molar-refractivity contribution >= 4 is 21.5 Å². The van der Waals surface area contributed by atoms with Gasteiger partial charge in [-0.1, -0.05) is 115 Å². The first-order valence-corrected chi connectivity index (χ1v) is 11.3. The third-order valence-corrected chi connectivity index (χ3v) is 6.31. The molecule has 0 bridgehead atoms. The van der Waals surface area contributed by atoms with E-state index < -0.39 is 0 Å². The Labute approximate surface area is 194 Å². The van der Waals surface area contributed by atoms with E-state index in [1.807, 2.05) is 0 Å². The quantitative estimate of drug-likeness (QED) is 0.260. The van der Waals surface area contributed by atoms with Gasteiger partial charge in [0.1, 0.15) is 0 Å². The first-order valence-electron chi connectivity index (χ1n) is 11.3. The number of hydrogen-bond acceptors (Lipinski definition) is 1. The molecule has 0 saturated carbocycles. The SMILES string of the molecule is Cc1ccc(-c2nc(-c3ccccc3)c3cc4ccccc4cc3c2-c2ccccc2)cc1. The summed E-state index contributed by atoms with van der Waals surface area (Å²) in [4.78, 5) is 5.35. The van der Waals surface area contributed by atoms with Crippen molar-refractivity contribution in [2.24, 2.45) is 0 Å². The molecule has 5 aromatic carbocycles. The van der Waals surface area contributed by atoms with Crippen LogP contribution in [0, 0.1) is 6.92 Å². The maximum absolute atomic E-state index is 5.35. The van der Waals surface area contributed by atoms with E-state index in [-0.39, 0.29) is 0 Å². The molecule has 0 atom stereocenters. The number of aromatic nitrogens is 1. The van der Waals surface area contributed by atoms with Gasteiger partial charge in [0.2, 0.25) is 0 Å². The Bertz CT molecular complexity index is 1580. The lowest BCUT2D eigenvalue weighted by Crippen LogP contribution is -1.96. The van der Waals surface area contributed by atoms with Gasteiger partial charge in [0, 0.05) is 22.1 Å². The molecule has 6 aromatic rings. The molecule has 0 radical (unpaired) electrons. The third-order valence-electron chi connectivity index (χ3n) is 6.31. The van der Waals surface area contributed by atoms with E-state index in [2.05, 4.69) is 128 Å². The molecular weight excluding hydrogens is 398 g/mol. The number of fused-ring (bicyclic) bond motifs is 2. The van der Waals surface area contributed by atoms with Crippen LogP contribution in [0.4, 0.5) is 0 Å². The molecule has 6 rings (SSSR count).